The lowest BCUT2D eigenvalue weighted by Crippen LogP contribution is -1.94. The van der Waals surface area contributed by atoms with E-state index in [9.17, 15) is 9.90 Å². The summed E-state index contributed by atoms with van der Waals surface area (Å²) in [5.41, 5.74) is 18.3. The number of phenols is 1. The molecule has 2 aliphatic rings. The van der Waals surface area contributed by atoms with Crippen molar-refractivity contribution >= 4 is 69.6 Å². The highest BCUT2D eigenvalue weighted by Gasteiger charge is 2.19. The Bertz CT molecular complexity index is 3510. The fourth-order valence-corrected chi connectivity index (χ4v) is 8.74. The number of hydrogen-bond donors (Lipinski definition) is 4. The van der Waals surface area contributed by atoms with Crippen LogP contribution in [0.25, 0.3) is 97.0 Å². The van der Waals surface area contributed by atoms with E-state index in [1.807, 2.05) is 42.5 Å². The summed E-state index contributed by atoms with van der Waals surface area (Å²) < 4.78 is 0. The number of para-hydroxylation sites is 1. The van der Waals surface area contributed by atoms with Gasteiger partial charge in [0.2, 0.25) is 0 Å². The third-order valence-corrected chi connectivity index (χ3v) is 11.9. The van der Waals surface area contributed by atoms with E-state index in [1.54, 1.807) is 24.3 Å². The number of hydrogen-bond acceptors (Lipinski definition) is 5. The van der Waals surface area contributed by atoms with Crippen molar-refractivity contribution in [3.63, 3.8) is 0 Å². The van der Waals surface area contributed by atoms with E-state index in [0.29, 0.717) is 0 Å². The molecule has 7 nitrogen and oxygen atoms in total. The normalized spacial score (nSPS) is 11.9. The van der Waals surface area contributed by atoms with Gasteiger partial charge in [-0.2, -0.15) is 0 Å². The molecule has 0 unspecified atom stereocenters. The molecule has 0 spiro atoms. The van der Waals surface area contributed by atoms with Crippen LogP contribution < -0.4 is 5.32 Å². The second kappa shape index (κ2) is 17.2. The Labute approximate surface area is 381 Å². The van der Waals surface area contributed by atoms with Crippen molar-refractivity contribution in [2.24, 2.45) is 0 Å². The lowest BCUT2D eigenvalue weighted by atomic mass is 10.0. The molecule has 7 heteroatoms. The maximum atomic E-state index is 12.7. The minimum Gasteiger partial charge on any atom is -0.507 e. The molecule has 0 fully saturated rings. The molecular weight excluding hydrogens is 811 g/mol. The van der Waals surface area contributed by atoms with Crippen molar-refractivity contribution in [2.45, 2.75) is 0 Å². The monoisotopic (exact) mass is 851 g/mol. The molecule has 0 atom stereocenters. The summed E-state index contributed by atoms with van der Waals surface area (Å²) in [6, 6.07) is 62.7. The number of carbonyl (C=O) groups is 1. The van der Waals surface area contributed by atoms with Crippen LogP contribution in [0.3, 0.4) is 0 Å². The summed E-state index contributed by atoms with van der Waals surface area (Å²) in [4.78, 5) is 31.2. The molecule has 3 aromatic heterocycles. The quantitative estimate of drug-likeness (QED) is 0.0855. The molecule has 2 aliphatic heterocycles. The van der Waals surface area contributed by atoms with Crippen LogP contribution in [-0.4, -0.2) is 30.8 Å². The number of anilines is 2. The standard InChI is InChI=1S/C59H41N5O2/c65-54-19-11-10-18-45(54)55(66)37-22-38-20-25-43(26-21-38)60-44-27-23-42(24-28-44)59-52-35-33-50(63-52)57(40-14-6-2-7-15-40)48-31-29-46(61-48)56(39-12-4-1-5-13-39)47-30-32-49(62-47)58(41-16-8-3-9-17-41)51-34-36-53(59)64-51/h1-37,60-61,64-65H. The Morgan fingerprint density at radius 2 is 0.788 bits per heavy atom. The Hall–Kier alpha value is -9.07. The third-order valence-electron chi connectivity index (χ3n) is 11.9. The molecule has 66 heavy (non-hydrogen) atoms. The Morgan fingerprint density at radius 1 is 0.424 bits per heavy atom. The Morgan fingerprint density at radius 3 is 1.20 bits per heavy atom. The highest BCUT2D eigenvalue weighted by Crippen LogP contribution is 2.39. The van der Waals surface area contributed by atoms with Crippen molar-refractivity contribution in [1.29, 1.82) is 0 Å². The number of aromatic nitrogens is 4. The predicted octanol–water partition coefficient (Wildman–Crippen LogP) is 14.7. The van der Waals surface area contributed by atoms with Crippen molar-refractivity contribution < 1.29 is 9.90 Å². The zero-order valence-electron chi connectivity index (χ0n) is 35.6. The Balaban J connectivity index is 1.05. The smallest absolute Gasteiger partial charge is 0.189 e. The first kappa shape index (κ1) is 39.8. The van der Waals surface area contributed by atoms with Gasteiger partial charge in [0.1, 0.15) is 5.75 Å². The van der Waals surface area contributed by atoms with E-state index in [0.717, 1.165) is 106 Å². The largest absolute Gasteiger partial charge is 0.507 e. The number of nitrogens with zero attached hydrogens (tertiary/aromatic N) is 2. The number of carbonyl (C=O) groups excluding carboxylic acids is 1. The molecular formula is C59H41N5O2. The van der Waals surface area contributed by atoms with Gasteiger partial charge in [0.15, 0.2) is 5.78 Å². The van der Waals surface area contributed by atoms with Gasteiger partial charge in [-0.15, -0.1) is 0 Å². The maximum Gasteiger partial charge on any atom is 0.189 e. The van der Waals surface area contributed by atoms with Crippen LogP contribution in [0, 0.1) is 0 Å². The highest BCUT2D eigenvalue weighted by atomic mass is 16.3. The summed E-state index contributed by atoms with van der Waals surface area (Å²) in [5, 5.41) is 13.6. The molecule has 0 amide bonds. The number of H-pyrrole nitrogens is 2. The van der Waals surface area contributed by atoms with Crippen LogP contribution in [0.4, 0.5) is 11.4 Å². The molecule has 0 saturated heterocycles. The number of aromatic hydroxyl groups is 1. The first-order chi connectivity index (χ1) is 32.5. The van der Waals surface area contributed by atoms with Crippen molar-refractivity contribution in [2.75, 3.05) is 5.32 Å². The molecule has 9 aromatic rings. The highest BCUT2D eigenvalue weighted by molar-refractivity contribution is 6.08. The number of nitrogens with one attached hydrogen (secondary N) is 3. The van der Waals surface area contributed by atoms with E-state index in [-0.39, 0.29) is 17.1 Å². The maximum absolute atomic E-state index is 12.7. The molecule has 314 valence electrons. The second-order valence-corrected chi connectivity index (χ2v) is 16.1. The van der Waals surface area contributed by atoms with E-state index in [2.05, 4.69) is 161 Å². The van der Waals surface area contributed by atoms with Crippen molar-refractivity contribution in [3.05, 3.63) is 228 Å². The van der Waals surface area contributed by atoms with Crippen molar-refractivity contribution in [3.8, 4) is 50.3 Å². The average molecular weight is 852 g/mol. The predicted molar refractivity (Wildman–Crippen MR) is 272 cm³/mol. The first-order valence-electron chi connectivity index (χ1n) is 21.8. The SMILES string of the molecule is O=C(C=Cc1ccc(Nc2ccc(-c3c4nc(c(-c5ccccc5)c5ccc([nH]5)c(-c5ccccc5)c5nc(c(-c6ccccc6)c6ccc3[nH]6)C=C5)C=C4)cc2)cc1)c1ccccc1O. The lowest BCUT2D eigenvalue weighted by molar-refractivity contribution is 0.104. The first-order valence-corrected chi connectivity index (χ1v) is 21.8. The molecule has 6 aromatic carbocycles. The molecule has 0 aliphatic carbocycles. The van der Waals surface area contributed by atoms with E-state index in [1.165, 1.54) is 12.1 Å². The summed E-state index contributed by atoms with van der Waals surface area (Å²) in [7, 11) is 0. The third kappa shape index (κ3) is 7.82. The van der Waals surface area contributed by atoms with Crippen LogP contribution in [0.1, 0.15) is 38.7 Å². The zero-order chi connectivity index (χ0) is 44.4. The lowest BCUT2D eigenvalue weighted by Gasteiger charge is -2.09. The number of benzene rings is 6. The number of aromatic amines is 2. The van der Waals surface area contributed by atoms with Gasteiger partial charge < -0.3 is 20.4 Å². The topological polar surface area (TPSA) is 107 Å². The zero-order valence-corrected chi connectivity index (χ0v) is 35.6. The number of ketones is 1. The van der Waals surface area contributed by atoms with Gasteiger partial charge in [-0.25, -0.2) is 9.97 Å². The van der Waals surface area contributed by atoms with E-state index >= 15 is 0 Å². The van der Waals surface area contributed by atoms with Crippen LogP contribution >= 0.6 is 0 Å². The summed E-state index contributed by atoms with van der Waals surface area (Å²) in [6.07, 6.45) is 11.7. The van der Waals surface area contributed by atoms with Gasteiger partial charge in [-0.3, -0.25) is 4.79 Å². The molecule has 5 heterocycles. The van der Waals surface area contributed by atoms with Crippen LogP contribution in [0.15, 0.2) is 194 Å². The minimum atomic E-state index is -0.256. The molecule has 8 bridgehead atoms. The molecule has 0 radical (unpaired) electrons. The van der Waals surface area contributed by atoms with Gasteiger partial charge in [-0.1, -0.05) is 133 Å². The summed E-state index contributed by atoms with van der Waals surface area (Å²) in [5.74, 6) is -0.289. The summed E-state index contributed by atoms with van der Waals surface area (Å²) in [6.45, 7) is 0. The van der Waals surface area contributed by atoms with E-state index < -0.39 is 0 Å². The molecule has 4 N–H and O–H groups in total. The fraction of sp³-hybridized carbons (Fsp3) is 0. The number of rotatable bonds is 9. The van der Waals surface area contributed by atoms with E-state index in [4.69, 9.17) is 9.97 Å². The van der Waals surface area contributed by atoms with Gasteiger partial charge in [0, 0.05) is 55.7 Å². The fourth-order valence-electron chi connectivity index (χ4n) is 8.74. The molecule has 0 saturated carbocycles. The van der Waals surface area contributed by atoms with Crippen LogP contribution in [0.5, 0.6) is 5.75 Å². The second-order valence-electron chi connectivity index (χ2n) is 16.1. The van der Waals surface area contributed by atoms with Gasteiger partial charge in [-0.05, 0) is 119 Å². The average Bonchev–Trinajstić information content (AvgIpc) is 4.22. The van der Waals surface area contributed by atoms with Crippen LogP contribution in [-0.2, 0) is 0 Å². The Kier molecular flexibility index (Phi) is 10.4. The number of phenolic OH excluding ortho intramolecular Hbond substituents is 1. The van der Waals surface area contributed by atoms with Gasteiger partial charge >= 0.3 is 0 Å². The van der Waals surface area contributed by atoms with Gasteiger partial charge in [0.25, 0.3) is 0 Å². The van der Waals surface area contributed by atoms with Crippen molar-refractivity contribution in [1.82, 2.24) is 19.9 Å². The summed E-state index contributed by atoms with van der Waals surface area (Å²) >= 11 is 0. The number of fused-ring (bicyclic) bond motifs is 8. The van der Waals surface area contributed by atoms with Crippen LogP contribution in [0.2, 0.25) is 0 Å². The minimum absolute atomic E-state index is 0.0325. The molecule has 11 rings (SSSR count). The number of allylic oxidation sites excluding steroid dienone is 1. The van der Waals surface area contributed by atoms with Gasteiger partial charge in [0.05, 0.1) is 28.3 Å².